The van der Waals surface area contributed by atoms with Crippen LogP contribution in [0.25, 0.3) is 0 Å². The van der Waals surface area contributed by atoms with Crippen LogP contribution in [-0.2, 0) is 19.1 Å². The number of carbonyl (C=O) groups is 3. The predicted molar refractivity (Wildman–Crippen MR) is 159 cm³/mol. The van der Waals surface area contributed by atoms with E-state index in [9.17, 15) is 19.5 Å². The molecule has 7 atom stereocenters. The highest BCUT2D eigenvalue weighted by Gasteiger charge is 2.44. The number of likely N-dealkylation sites (N-methyl/N-ethyl adjacent to an activating group) is 1. The largest absolute Gasteiger partial charge is 0.464 e. The molecule has 0 heterocycles. The van der Waals surface area contributed by atoms with Gasteiger partial charge < -0.3 is 25.8 Å². The van der Waals surface area contributed by atoms with Crippen molar-refractivity contribution in [1.29, 1.82) is 0 Å². The van der Waals surface area contributed by atoms with Crippen LogP contribution in [0.1, 0.15) is 104 Å². The summed E-state index contributed by atoms with van der Waals surface area (Å²) in [5.74, 6) is 2.60. The van der Waals surface area contributed by atoms with Gasteiger partial charge in [-0.2, -0.15) is 0 Å². The van der Waals surface area contributed by atoms with Gasteiger partial charge in [0.1, 0.15) is 6.61 Å². The standard InChI is InChI=1S/C32H59N3O5/c1-6-32(3,31(39)40-21-19-35(4)5)17-9-13-25(30(38)34-18-20-36)12-7-10-24(29(33)37)11-8-14-28-23(2)26-15-16-27(28)22-26/h23-28,36H,6-22H2,1-5H3,(H2,33,37)(H,34,38). The molecule has 0 aromatic carbocycles. The first-order valence-electron chi connectivity index (χ1n) is 16.0. The number of esters is 1. The number of nitrogens with one attached hydrogen (secondary N) is 1. The van der Waals surface area contributed by atoms with Gasteiger partial charge in [-0.15, -0.1) is 0 Å². The molecule has 2 aliphatic carbocycles. The van der Waals surface area contributed by atoms with E-state index in [-0.39, 0.29) is 42.8 Å². The van der Waals surface area contributed by atoms with Gasteiger partial charge in [0.15, 0.2) is 0 Å². The van der Waals surface area contributed by atoms with E-state index in [2.05, 4.69) is 12.2 Å². The Morgan fingerprint density at radius 2 is 1.70 bits per heavy atom. The fourth-order valence-electron chi connectivity index (χ4n) is 7.22. The second-order valence-electron chi connectivity index (χ2n) is 13.3. The quantitative estimate of drug-likeness (QED) is 0.176. The Morgan fingerprint density at radius 1 is 1.05 bits per heavy atom. The number of nitrogens with zero attached hydrogens (tertiary/aromatic N) is 1. The predicted octanol–water partition coefficient (Wildman–Crippen LogP) is 4.53. The number of hydrogen-bond donors (Lipinski definition) is 3. The van der Waals surface area contributed by atoms with Crippen molar-refractivity contribution < 1.29 is 24.2 Å². The third-order valence-corrected chi connectivity index (χ3v) is 10.2. The average Bonchev–Trinajstić information content (AvgIpc) is 3.51. The molecule has 0 aromatic rings. The van der Waals surface area contributed by atoms with Crippen LogP contribution in [0.5, 0.6) is 0 Å². The van der Waals surface area contributed by atoms with Gasteiger partial charge >= 0.3 is 5.97 Å². The molecule has 8 nitrogen and oxygen atoms in total. The number of amides is 2. The fourth-order valence-corrected chi connectivity index (χ4v) is 7.22. The number of carbonyl (C=O) groups excluding carboxylic acids is 3. The molecule has 2 rings (SSSR count). The molecule has 8 heteroatoms. The van der Waals surface area contributed by atoms with Gasteiger partial charge in [-0.05, 0) is 109 Å². The molecule has 2 aliphatic rings. The Kier molecular flexibility index (Phi) is 15.0. The first-order chi connectivity index (χ1) is 19.0. The number of primary amides is 1. The molecule has 40 heavy (non-hydrogen) atoms. The fraction of sp³-hybridized carbons (Fsp3) is 0.906. The van der Waals surface area contributed by atoms with Gasteiger partial charge in [-0.3, -0.25) is 14.4 Å². The number of fused-ring (bicyclic) bond motifs is 2. The zero-order valence-corrected chi connectivity index (χ0v) is 26.1. The monoisotopic (exact) mass is 565 g/mol. The third kappa shape index (κ3) is 10.6. The topological polar surface area (TPSA) is 122 Å². The maximum atomic E-state index is 12.9. The Bertz CT molecular complexity index is 789. The van der Waals surface area contributed by atoms with Crippen molar-refractivity contribution in [2.75, 3.05) is 40.4 Å². The molecule has 0 radical (unpaired) electrons. The maximum absolute atomic E-state index is 12.9. The van der Waals surface area contributed by atoms with E-state index < -0.39 is 5.41 Å². The van der Waals surface area contributed by atoms with E-state index in [1.165, 1.54) is 25.7 Å². The van der Waals surface area contributed by atoms with Gasteiger partial charge in [0.05, 0.1) is 12.0 Å². The first-order valence-corrected chi connectivity index (χ1v) is 16.0. The van der Waals surface area contributed by atoms with E-state index in [0.717, 1.165) is 49.4 Å². The zero-order chi connectivity index (χ0) is 29.7. The molecular weight excluding hydrogens is 506 g/mol. The lowest BCUT2D eigenvalue weighted by Gasteiger charge is -2.28. The SMILES string of the molecule is CCC(C)(CCCC(CCCC(CCCC1C2CCC(C2)C1C)C(N)=O)C(=O)NCCO)C(=O)OCCN(C)C. The lowest BCUT2D eigenvalue weighted by Crippen LogP contribution is -2.34. The van der Waals surface area contributed by atoms with Gasteiger partial charge in [0.2, 0.25) is 11.8 Å². The highest BCUT2D eigenvalue weighted by Crippen LogP contribution is 2.53. The van der Waals surface area contributed by atoms with E-state index in [4.69, 9.17) is 10.5 Å². The molecule has 0 saturated heterocycles. The van der Waals surface area contributed by atoms with Crippen LogP contribution in [-0.4, -0.2) is 68.2 Å². The molecule has 2 saturated carbocycles. The van der Waals surface area contributed by atoms with Crippen LogP contribution in [0, 0.1) is 40.9 Å². The van der Waals surface area contributed by atoms with Crippen LogP contribution in [0.2, 0.25) is 0 Å². The zero-order valence-electron chi connectivity index (χ0n) is 26.1. The van der Waals surface area contributed by atoms with Crippen LogP contribution in [0.4, 0.5) is 0 Å². The van der Waals surface area contributed by atoms with Gasteiger partial charge in [0, 0.05) is 24.9 Å². The van der Waals surface area contributed by atoms with Crippen LogP contribution in [0.3, 0.4) is 0 Å². The minimum Gasteiger partial charge on any atom is -0.464 e. The van der Waals surface area contributed by atoms with E-state index in [1.54, 1.807) is 0 Å². The second-order valence-corrected chi connectivity index (χ2v) is 13.3. The summed E-state index contributed by atoms with van der Waals surface area (Å²) in [6, 6.07) is 0. The second kappa shape index (κ2) is 17.3. The molecule has 0 spiro atoms. The molecule has 0 aromatic heterocycles. The van der Waals surface area contributed by atoms with Gasteiger partial charge in [-0.25, -0.2) is 0 Å². The van der Waals surface area contributed by atoms with Crippen molar-refractivity contribution in [3.8, 4) is 0 Å². The Balaban J connectivity index is 1.83. The summed E-state index contributed by atoms with van der Waals surface area (Å²) in [6.45, 7) is 7.54. The number of rotatable bonds is 21. The summed E-state index contributed by atoms with van der Waals surface area (Å²) in [6.07, 6.45) is 12.1. The number of aliphatic hydroxyl groups excluding tert-OH is 1. The van der Waals surface area contributed by atoms with E-state index >= 15 is 0 Å². The van der Waals surface area contributed by atoms with Crippen molar-refractivity contribution in [3.63, 3.8) is 0 Å². The normalized spacial score (nSPS) is 25.0. The third-order valence-electron chi connectivity index (χ3n) is 10.2. The number of ether oxygens (including phenoxy) is 1. The first kappa shape index (κ1) is 34.5. The van der Waals surface area contributed by atoms with Gasteiger partial charge in [0.25, 0.3) is 0 Å². The Hall–Kier alpha value is -1.67. The Morgan fingerprint density at radius 3 is 2.30 bits per heavy atom. The smallest absolute Gasteiger partial charge is 0.311 e. The summed E-state index contributed by atoms with van der Waals surface area (Å²) >= 11 is 0. The van der Waals surface area contributed by atoms with Crippen molar-refractivity contribution >= 4 is 17.8 Å². The summed E-state index contributed by atoms with van der Waals surface area (Å²) in [5, 5.41) is 12.0. The molecule has 2 bridgehead atoms. The molecule has 4 N–H and O–H groups in total. The maximum Gasteiger partial charge on any atom is 0.311 e. The lowest BCUT2D eigenvalue weighted by molar-refractivity contribution is -0.156. The van der Waals surface area contributed by atoms with Crippen LogP contribution in [0.15, 0.2) is 0 Å². The van der Waals surface area contributed by atoms with Crippen LogP contribution >= 0.6 is 0 Å². The molecule has 7 unspecified atom stereocenters. The average molecular weight is 566 g/mol. The molecule has 0 aliphatic heterocycles. The van der Waals surface area contributed by atoms with E-state index in [0.29, 0.717) is 45.3 Å². The van der Waals surface area contributed by atoms with Gasteiger partial charge in [-0.1, -0.05) is 33.1 Å². The lowest BCUT2D eigenvalue weighted by atomic mass is 9.77. The highest BCUT2D eigenvalue weighted by molar-refractivity contribution is 5.79. The molecule has 2 fully saturated rings. The summed E-state index contributed by atoms with van der Waals surface area (Å²) in [7, 11) is 3.89. The van der Waals surface area contributed by atoms with E-state index in [1.807, 2.05) is 32.8 Å². The van der Waals surface area contributed by atoms with Crippen molar-refractivity contribution in [3.05, 3.63) is 0 Å². The minimum absolute atomic E-state index is 0.0679. The summed E-state index contributed by atoms with van der Waals surface area (Å²) in [5.41, 5.74) is 5.21. The summed E-state index contributed by atoms with van der Waals surface area (Å²) < 4.78 is 5.53. The summed E-state index contributed by atoms with van der Waals surface area (Å²) in [4.78, 5) is 39.9. The van der Waals surface area contributed by atoms with Crippen molar-refractivity contribution in [2.45, 2.75) is 104 Å². The number of aliphatic hydroxyl groups is 1. The van der Waals surface area contributed by atoms with Crippen molar-refractivity contribution in [2.24, 2.45) is 46.7 Å². The highest BCUT2D eigenvalue weighted by atomic mass is 16.5. The Labute approximate surface area is 243 Å². The molecule has 232 valence electrons. The minimum atomic E-state index is -0.578. The number of hydrogen-bond acceptors (Lipinski definition) is 6. The number of nitrogens with two attached hydrogens (primary N) is 1. The van der Waals surface area contributed by atoms with Crippen molar-refractivity contribution in [1.82, 2.24) is 10.2 Å². The molecule has 2 amide bonds. The molecular formula is C32H59N3O5. The van der Waals surface area contributed by atoms with Crippen LogP contribution < -0.4 is 11.1 Å².